The summed E-state index contributed by atoms with van der Waals surface area (Å²) in [6.45, 7) is 4.44. The highest BCUT2D eigenvalue weighted by Crippen LogP contribution is 2.35. The third-order valence-corrected chi connectivity index (χ3v) is 7.86. The van der Waals surface area contributed by atoms with Crippen molar-refractivity contribution in [3.8, 4) is 10.8 Å². The summed E-state index contributed by atoms with van der Waals surface area (Å²) in [4.78, 5) is 19.8. The third kappa shape index (κ3) is 4.26. The van der Waals surface area contributed by atoms with Crippen LogP contribution in [0.5, 0.6) is 0 Å². The van der Waals surface area contributed by atoms with E-state index >= 15 is 0 Å². The van der Waals surface area contributed by atoms with Gasteiger partial charge in [-0.05, 0) is 82.5 Å². The van der Waals surface area contributed by atoms with Gasteiger partial charge in [0.25, 0.3) is 5.89 Å². The van der Waals surface area contributed by atoms with E-state index in [1.165, 1.54) is 42.5 Å². The molecule has 0 unspecified atom stereocenters. The molecule has 2 aromatic heterocycles. The van der Waals surface area contributed by atoms with Crippen LogP contribution in [-0.2, 0) is 24.2 Å². The molecule has 0 saturated carbocycles. The average Bonchev–Trinajstić information content (AvgIpc) is 3.41. The largest absolute Gasteiger partial charge is 0.419 e. The maximum absolute atomic E-state index is 12.7. The summed E-state index contributed by atoms with van der Waals surface area (Å²) in [5, 5.41) is 8.60. The zero-order valence-corrected chi connectivity index (χ0v) is 17.9. The number of thiophene rings is 1. The first-order valence-corrected chi connectivity index (χ1v) is 12.0. The van der Waals surface area contributed by atoms with Crippen molar-refractivity contribution in [1.29, 1.82) is 0 Å². The Labute approximate surface area is 176 Å². The molecule has 2 aromatic rings. The van der Waals surface area contributed by atoms with Gasteiger partial charge in [-0.2, -0.15) is 0 Å². The summed E-state index contributed by atoms with van der Waals surface area (Å²) >= 11 is 1.81. The Kier molecular flexibility index (Phi) is 5.68. The van der Waals surface area contributed by atoms with E-state index in [2.05, 4.69) is 26.1 Å². The number of carbonyl (C=O) groups excluding carboxylic acids is 1. The van der Waals surface area contributed by atoms with Gasteiger partial charge in [0, 0.05) is 23.9 Å². The molecule has 0 bridgehead atoms. The Morgan fingerprint density at radius 3 is 2.62 bits per heavy atom. The fraction of sp³-hybridized carbons (Fsp3) is 0.682. The van der Waals surface area contributed by atoms with E-state index in [0.29, 0.717) is 24.2 Å². The number of amides is 1. The topological polar surface area (TPSA) is 62.5 Å². The van der Waals surface area contributed by atoms with Gasteiger partial charge in [-0.15, -0.1) is 21.5 Å². The number of hydrogen-bond acceptors (Lipinski definition) is 6. The second-order valence-electron chi connectivity index (χ2n) is 8.70. The molecule has 4 heterocycles. The van der Waals surface area contributed by atoms with Gasteiger partial charge in [0.1, 0.15) is 0 Å². The molecule has 2 aliphatic heterocycles. The average molecular weight is 415 g/mol. The Bertz CT molecular complexity index is 823. The van der Waals surface area contributed by atoms with E-state index in [0.717, 1.165) is 56.7 Å². The first-order chi connectivity index (χ1) is 14.3. The van der Waals surface area contributed by atoms with Crippen LogP contribution in [-0.4, -0.2) is 52.1 Å². The normalized spacial score (nSPS) is 21.3. The van der Waals surface area contributed by atoms with Gasteiger partial charge >= 0.3 is 0 Å². The molecule has 6 nitrogen and oxygen atoms in total. The highest BCUT2D eigenvalue weighted by Gasteiger charge is 2.29. The number of fused-ring (bicyclic) bond motifs is 1. The van der Waals surface area contributed by atoms with Crippen molar-refractivity contribution >= 4 is 17.2 Å². The minimum absolute atomic E-state index is 0.194. The van der Waals surface area contributed by atoms with Crippen LogP contribution in [0.2, 0.25) is 0 Å². The minimum Gasteiger partial charge on any atom is -0.419 e. The van der Waals surface area contributed by atoms with Gasteiger partial charge in [0.15, 0.2) is 0 Å². The molecular weight excluding hydrogens is 384 g/mol. The Morgan fingerprint density at radius 2 is 1.83 bits per heavy atom. The summed E-state index contributed by atoms with van der Waals surface area (Å²) in [5.41, 5.74) is 1.47. The molecule has 2 saturated heterocycles. The van der Waals surface area contributed by atoms with Crippen LogP contribution in [0.3, 0.4) is 0 Å². The lowest BCUT2D eigenvalue weighted by molar-refractivity contribution is -0.138. The van der Waals surface area contributed by atoms with Crippen molar-refractivity contribution in [1.82, 2.24) is 20.0 Å². The van der Waals surface area contributed by atoms with Crippen LogP contribution in [0, 0.1) is 5.92 Å². The molecule has 0 aromatic carbocycles. The number of hydrogen-bond donors (Lipinski definition) is 0. The molecule has 3 aliphatic rings. The molecule has 0 N–H and O–H groups in total. The van der Waals surface area contributed by atoms with Crippen LogP contribution >= 0.6 is 11.3 Å². The Balaban J connectivity index is 1.15. The van der Waals surface area contributed by atoms with Gasteiger partial charge in [0.2, 0.25) is 11.8 Å². The summed E-state index contributed by atoms with van der Waals surface area (Å²) in [7, 11) is 0. The molecular formula is C22H30N4O2S. The number of carbonyl (C=O) groups is 1. The highest BCUT2D eigenvalue weighted by molar-refractivity contribution is 7.15. The third-order valence-electron chi connectivity index (χ3n) is 6.64. The molecule has 2 fully saturated rings. The van der Waals surface area contributed by atoms with Crippen molar-refractivity contribution < 1.29 is 9.21 Å². The summed E-state index contributed by atoms with van der Waals surface area (Å²) in [5.74, 6) is 1.92. The summed E-state index contributed by atoms with van der Waals surface area (Å²) in [6, 6.07) is 2.24. The molecule has 1 amide bonds. The predicted molar refractivity (Wildman–Crippen MR) is 113 cm³/mol. The van der Waals surface area contributed by atoms with Crippen LogP contribution in [0.25, 0.3) is 10.8 Å². The highest BCUT2D eigenvalue weighted by atomic mass is 32.1. The number of aromatic nitrogens is 2. The van der Waals surface area contributed by atoms with Crippen LogP contribution < -0.4 is 0 Å². The van der Waals surface area contributed by atoms with Gasteiger partial charge in [-0.25, -0.2) is 0 Å². The smallest absolute Gasteiger partial charge is 0.257 e. The second-order valence-corrected chi connectivity index (χ2v) is 9.84. The summed E-state index contributed by atoms with van der Waals surface area (Å²) < 4.78 is 5.99. The molecule has 0 spiro atoms. The zero-order chi connectivity index (χ0) is 19.6. The maximum atomic E-state index is 12.7. The van der Waals surface area contributed by atoms with Gasteiger partial charge in [0.05, 0.1) is 11.4 Å². The number of rotatable bonds is 4. The molecule has 29 heavy (non-hydrogen) atoms. The van der Waals surface area contributed by atoms with Crippen molar-refractivity contribution in [2.24, 2.45) is 5.92 Å². The number of likely N-dealkylation sites (tertiary alicyclic amines) is 2. The SMILES string of the molecule is O=C(C1CCN(Cc2nnc(-c3cc4c(s3)CCCC4)o2)CC1)N1CCCCC1. The number of piperidine rings is 2. The monoisotopic (exact) mass is 414 g/mol. The lowest BCUT2D eigenvalue weighted by Gasteiger charge is -2.35. The van der Waals surface area contributed by atoms with E-state index < -0.39 is 0 Å². The molecule has 156 valence electrons. The standard InChI is InChI=1S/C22H30N4O2S/c27-22(26-10-4-1-5-11-26)16-8-12-25(13-9-16)15-20-23-24-21(28-20)19-14-17-6-2-3-7-18(17)29-19/h14,16H,1-13,15H2. The van der Waals surface area contributed by atoms with E-state index in [4.69, 9.17) is 4.42 Å². The molecule has 1 aliphatic carbocycles. The Morgan fingerprint density at radius 1 is 1.03 bits per heavy atom. The fourth-order valence-corrected chi connectivity index (χ4v) is 6.09. The van der Waals surface area contributed by atoms with E-state index in [1.54, 1.807) is 0 Å². The second kappa shape index (κ2) is 8.56. The maximum Gasteiger partial charge on any atom is 0.257 e. The molecule has 5 rings (SSSR count). The number of aryl methyl sites for hydroxylation is 2. The van der Waals surface area contributed by atoms with Crippen LogP contribution in [0.1, 0.15) is 61.3 Å². The van der Waals surface area contributed by atoms with Gasteiger partial charge in [-0.1, -0.05) is 0 Å². The fourth-order valence-electron chi connectivity index (χ4n) is 4.91. The molecule has 0 atom stereocenters. The first kappa shape index (κ1) is 19.2. The van der Waals surface area contributed by atoms with E-state index in [9.17, 15) is 4.79 Å². The van der Waals surface area contributed by atoms with Crippen LogP contribution in [0.4, 0.5) is 0 Å². The quantitative estimate of drug-likeness (QED) is 0.759. The summed E-state index contributed by atoms with van der Waals surface area (Å²) in [6.07, 6.45) is 10.4. The van der Waals surface area contributed by atoms with E-state index in [1.807, 2.05) is 11.3 Å². The first-order valence-electron chi connectivity index (χ1n) is 11.2. The van der Waals surface area contributed by atoms with Crippen molar-refractivity contribution in [2.45, 2.75) is 64.3 Å². The van der Waals surface area contributed by atoms with Crippen molar-refractivity contribution in [2.75, 3.05) is 26.2 Å². The van der Waals surface area contributed by atoms with Crippen molar-refractivity contribution in [3.63, 3.8) is 0 Å². The van der Waals surface area contributed by atoms with Crippen LogP contribution in [0.15, 0.2) is 10.5 Å². The lowest BCUT2D eigenvalue weighted by Crippen LogP contribution is -2.44. The zero-order valence-electron chi connectivity index (χ0n) is 17.1. The van der Waals surface area contributed by atoms with E-state index in [-0.39, 0.29) is 5.92 Å². The molecule has 7 heteroatoms. The number of nitrogens with zero attached hydrogens (tertiary/aromatic N) is 4. The predicted octanol–water partition coefficient (Wildman–Crippen LogP) is 3.90. The molecule has 0 radical (unpaired) electrons. The van der Waals surface area contributed by atoms with Gasteiger partial charge in [-0.3, -0.25) is 9.69 Å². The van der Waals surface area contributed by atoms with Crippen molar-refractivity contribution in [3.05, 3.63) is 22.4 Å². The minimum atomic E-state index is 0.194. The lowest BCUT2D eigenvalue weighted by atomic mass is 9.94. The van der Waals surface area contributed by atoms with Gasteiger partial charge < -0.3 is 9.32 Å². The Hall–Kier alpha value is -1.73.